The van der Waals surface area contributed by atoms with E-state index in [1.807, 2.05) is 0 Å². The van der Waals surface area contributed by atoms with Crippen molar-refractivity contribution in [2.75, 3.05) is 39.4 Å². The molecule has 0 radical (unpaired) electrons. The molecule has 0 atom stereocenters. The molecule has 0 amide bonds. The molecule has 18 heavy (non-hydrogen) atoms. The van der Waals surface area contributed by atoms with Crippen LogP contribution in [0, 0.1) is 5.41 Å². The number of nitrogens with two attached hydrogens (primary N) is 1. The fraction of sp³-hybridized carbons (Fsp3) is 0.700. The Hall–Kier alpha value is -1.51. The Labute approximate surface area is 105 Å². The average Bonchev–Trinajstić information content (AvgIpc) is 2.84. The second-order valence-electron chi connectivity index (χ2n) is 4.10. The molecular weight excluding hydrogens is 236 g/mol. The van der Waals surface area contributed by atoms with Gasteiger partial charge < -0.3 is 15.8 Å². The highest BCUT2D eigenvalue weighted by Crippen LogP contribution is 2.01. The summed E-state index contributed by atoms with van der Waals surface area (Å²) in [6.45, 7) is 5.87. The van der Waals surface area contributed by atoms with E-state index in [0.29, 0.717) is 17.9 Å². The van der Waals surface area contributed by atoms with Crippen LogP contribution in [0.1, 0.15) is 11.4 Å². The molecule has 2 heterocycles. The molecule has 0 spiro atoms. The summed E-state index contributed by atoms with van der Waals surface area (Å²) in [5, 5.41) is 17.8. The van der Waals surface area contributed by atoms with E-state index in [-0.39, 0.29) is 5.84 Å². The van der Waals surface area contributed by atoms with E-state index in [4.69, 9.17) is 15.9 Å². The maximum absolute atomic E-state index is 7.30. The maximum atomic E-state index is 7.30. The molecule has 2 rings (SSSR count). The Kier molecular flexibility index (Phi) is 4.62. The second kappa shape index (κ2) is 6.43. The van der Waals surface area contributed by atoms with E-state index in [9.17, 15) is 0 Å². The predicted molar refractivity (Wildman–Crippen MR) is 64.3 cm³/mol. The Morgan fingerprint density at radius 1 is 1.39 bits per heavy atom. The van der Waals surface area contributed by atoms with Crippen molar-refractivity contribution in [2.45, 2.75) is 6.54 Å². The van der Waals surface area contributed by atoms with Gasteiger partial charge in [0.2, 0.25) is 0 Å². The number of hydrogen-bond donors (Lipinski definition) is 3. The lowest BCUT2D eigenvalue weighted by Gasteiger charge is -2.26. The molecule has 1 fully saturated rings. The van der Waals surface area contributed by atoms with Gasteiger partial charge in [0.1, 0.15) is 11.5 Å². The number of amidine groups is 1. The molecule has 1 aromatic heterocycles. The van der Waals surface area contributed by atoms with E-state index < -0.39 is 0 Å². The molecule has 8 heteroatoms. The van der Waals surface area contributed by atoms with Crippen LogP contribution in [0.4, 0.5) is 0 Å². The second-order valence-corrected chi connectivity index (χ2v) is 4.10. The third-order valence-electron chi connectivity index (χ3n) is 2.81. The molecule has 0 unspecified atom stereocenters. The smallest absolute Gasteiger partial charge is 0.173 e. The lowest BCUT2D eigenvalue weighted by atomic mass is 10.3. The molecule has 0 saturated carbocycles. The van der Waals surface area contributed by atoms with Gasteiger partial charge in [0.15, 0.2) is 5.69 Å². The summed E-state index contributed by atoms with van der Waals surface area (Å²) < 4.78 is 9.84. The first-order valence-electron chi connectivity index (χ1n) is 5.94. The highest BCUT2D eigenvalue weighted by atomic mass is 16.6. The molecule has 4 N–H and O–H groups in total. The first-order valence-corrected chi connectivity index (χ1v) is 5.94. The predicted octanol–water partition coefficient (Wildman–Crippen LogP) is -1.22. The van der Waals surface area contributed by atoms with Crippen LogP contribution in [0.15, 0.2) is 4.63 Å². The van der Waals surface area contributed by atoms with Gasteiger partial charge in [-0.1, -0.05) is 5.16 Å². The fourth-order valence-electron chi connectivity index (χ4n) is 1.80. The first-order chi connectivity index (χ1) is 8.77. The summed E-state index contributed by atoms with van der Waals surface area (Å²) in [7, 11) is 0. The van der Waals surface area contributed by atoms with Crippen molar-refractivity contribution in [2.24, 2.45) is 5.73 Å². The first kappa shape index (κ1) is 12.9. The van der Waals surface area contributed by atoms with Crippen LogP contribution in [-0.2, 0) is 11.3 Å². The van der Waals surface area contributed by atoms with Crippen LogP contribution in [0.25, 0.3) is 0 Å². The SMILES string of the molecule is N=C(N)c1nonc1CNCCN1CCOCC1. The van der Waals surface area contributed by atoms with Crippen LogP contribution in [-0.4, -0.2) is 60.4 Å². The van der Waals surface area contributed by atoms with Crippen molar-refractivity contribution < 1.29 is 9.37 Å². The third-order valence-corrected chi connectivity index (χ3v) is 2.81. The van der Waals surface area contributed by atoms with Gasteiger partial charge >= 0.3 is 0 Å². The minimum absolute atomic E-state index is 0.124. The molecule has 8 nitrogen and oxygen atoms in total. The van der Waals surface area contributed by atoms with Crippen molar-refractivity contribution in [3.05, 3.63) is 11.4 Å². The Morgan fingerprint density at radius 2 is 2.17 bits per heavy atom. The van der Waals surface area contributed by atoms with Crippen molar-refractivity contribution in [1.29, 1.82) is 5.41 Å². The lowest BCUT2D eigenvalue weighted by Crippen LogP contribution is -2.40. The Morgan fingerprint density at radius 3 is 2.89 bits per heavy atom. The minimum Gasteiger partial charge on any atom is -0.382 e. The summed E-state index contributed by atoms with van der Waals surface area (Å²) in [6.07, 6.45) is 0. The number of aromatic nitrogens is 2. The molecule has 1 saturated heterocycles. The van der Waals surface area contributed by atoms with Crippen LogP contribution < -0.4 is 11.1 Å². The summed E-state index contributed by atoms with van der Waals surface area (Å²) in [5.41, 5.74) is 6.24. The van der Waals surface area contributed by atoms with E-state index in [1.165, 1.54) is 0 Å². The van der Waals surface area contributed by atoms with Crippen LogP contribution in [0.5, 0.6) is 0 Å². The Bertz CT molecular complexity index is 387. The van der Waals surface area contributed by atoms with Crippen molar-refractivity contribution in [3.8, 4) is 0 Å². The minimum atomic E-state index is -0.124. The number of nitrogen functional groups attached to an aromatic ring is 1. The normalized spacial score (nSPS) is 16.9. The van der Waals surface area contributed by atoms with Gasteiger partial charge in [-0.2, -0.15) is 0 Å². The van der Waals surface area contributed by atoms with Crippen LogP contribution >= 0.6 is 0 Å². The van der Waals surface area contributed by atoms with Gasteiger partial charge in [0, 0.05) is 32.7 Å². The molecule has 0 aliphatic carbocycles. The average molecular weight is 254 g/mol. The number of ether oxygens (including phenoxy) is 1. The summed E-state index contributed by atoms with van der Waals surface area (Å²) in [4.78, 5) is 2.34. The summed E-state index contributed by atoms with van der Waals surface area (Å²) >= 11 is 0. The standard InChI is InChI=1S/C10H18N6O2/c11-10(12)9-8(14-18-15-9)7-13-1-2-16-3-5-17-6-4-16/h13H,1-7H2,(H3,11,12). The highest BCUT2D eigenvalue weighted by Gasteiger charge is 2.13. The zero-order valence-corrected chi connectivity index (χ0v) is 10.2. The third kappa shape index (κ3) is 3.49. The van der Waals surface area contributed by atoms with Gasteiger partial charge in [0.25, 0.3) is 0 Å². The van der Waals surface area contributed by atoms with Crippen molar-refractivity contribution in [1.82, 2.24) is 20.5 Å². The van der Waals surface area contributed by atoms with Crippen molar-refractivity contribution >= 4 is 5.84 Å². The zero-order valence-electron chi connectivity index (χ0n) is 10.2. The van der Waals surface area contributed by atoms with Gasteiger partial charge in [-0.15, -0.1) is 0 Å². The van der Waals surface area contributed by atoms with Gasteiger partial charge in [-0.3, -0.25) is 10.3 Å². The summed E-state index contributed by atoms with van der Waals surface area (Å²) in [6, 6.07) is 0. The highest BCUT2D eigenvalue weighted by molar-refractivity contribution is 5.93. The number of nitrogens with one attached hydrogen (secondary N) is 2. The number of morpholine rings is 1. The van der Waals surface area contributed by atoms with E-state index in [2.05, 4.69) is 25.2 Å². The van der Waals surface area contributed by atoms with Crippen molar-refractivity contribution in [3.63, 3.8) is 0 Å². The van der Waals surface area contributed by atoms with E-state index in [1.54, 1.807) is 0 Å². The Balaban J connectivity index is 1.68. The van der Waals surface area contributed by atoms with Crippen LogP contribution in [0.2, 0.25) is 0 Å². The number of hydrogen-bond acceptors (Lipinski definition) is 7. The molecular formula is C10H18N6O2. The van der Waals surface area contributed by atoms with Gasteiger partial charge in [-0.25, -0.2) is 4.63 Å². The largest absolute Gasteiger partial charge is 0.382 e. The molecule has 0 aromatic carbocycles. The lowest BCUT2D eigenvalue weighted by molar-refractivity contribution is 0.0384. The molecule has 0 bridgehead atoms. The van der Waals surface area contributed by atoms with Crippen LogP contribution in [0.3, 0.4) is 0 Å². The zero-order chi connectivity index (χ0) is 12.8. The molecule has 1 aliphatic rings. The van der Waals surface area contributed by atoms with Gasteiger partial charge in [-0.05, 0) is 5.16 Å². The van der Waals surface area contributed by atoms with E-state index >= 15 is 0 Å². The number of rotatable bonds is 6. The molecule has 1 aromatic rings. The quantitative estimate of drug-likeness (QED) is 0.331. The topological polar surface area (TPSA) is 113 Å². The summed E-state index contributed by atoms with van der Waals surface area (Å²) in [5.74, 6) is -0.124. The van der Waals surface area contributed by atoms with Gasteiger partial charge in [0.05, 0.1) is 13.2 Å². The molecule has 100 valence electrons. The van der Waals surface area contributed by atoms with E-state index in [0.717, 1.165) is 39.4 Å². The fourth-order valence-corrected chi connectivity index (χ4v) is 1.80. The maximum Gasteiger partial charge on any atom is 0.173 e. The monoisotopic (exact) mass is 254 g/mol. The molecule has 1 aliphatic heterocycles. The number of nitrogens with zero attached hydrogens (tertiary/aromatic N) is 3.